The van der Waals surface area contributed by atoms with Gasteiger partial charge in [-0.1, -0.05) is 17.2 Å². The fraction of sp³-hybridized carbons (Fsp3) is 0.385. The van der Waals surface area contributed by atoms with Crippen molar-refractivity contribution in [1.29, 1.82) is 0 Å². The molecular formula is C26H26B3F4N5O3S. The second-order valence-corrected chi connectivity index (χ2v) is 11.5. The largest absolute Gasteiger partial charge is 0.495 e. The first-order valence-electron chi connectivity index (χ1n) is 12.7. The van der Waals surface area contributed by atoms with Gasteiger partial charge in [0, 0.05) is 23.7 Å². The Hall–Kier alpha value is -3.28. The van der Waals surface area contributed by atoms with Gasteiger partial charge in [-0.05, 0) is 49.2 Å². The summed E-state index contributed by atoms with van der Waals surface area (Å²) in [6.07, 6.45) is -5.60. The number of nitrogens with zero attached hydrogens (tertiary/aromatic N) is 2. The number of hydrogen-bond donors (Lipinski definition) is 3. The molecule has 2 atom stereocenters. The van der Waals surface area contributed by atoms with E-state index in [1.807, 2.05) is 0 Å². The van der Waals surface area contributed by atoms with Gasteiger partial charge in [0.2, 0.25) is 10.0 Å². The first kappa shape index (κ1) is 31.7. The number of likely N-dealkylation sites (tertiary alicyclic amines) is 1. The van der Waals surface area contributed by atoms with Gasteiger partial charge in [-0.3, -0.25) is 0 Å². The number of benzene rings is 2. The molecular weight excluding hydrogens is 571 g/mol. The smallest absolute Gasteiger partial charge is 0.406 e. The van der Waals surface area contributed by atoms with E-state index in [1.54, 1.807) is 12.1 Å². The molecule has 1 fully saturated rings. The van der Waals surface area contributed by atoms with Crippen LogP contribution in [0, 0.1) is 11.8 Å². The van der Waals surface area contributed by atoms with Gasteiger partial charge >= 0.3 is 6.18 Å². The standard InChI is InChI=1S/C26H26B3F4N5O3S/c1-41-24-13-17(42(34,39)40)7-8-22(24)35-10-3-4-16-12-18-20(5-2-6-23(18)38(16)15-25(31,32)33)36-21-9-11-37(14-19(21)30)26(27,28)29/h2,5-8,12-13,19,21,35-36H,9-11,14-15H2,1H3,(H2,34,39,40). The number of fused-ring (bicyclic) bond motifs is 1. The van der Waals surface area contributed by atoms with Crippen molar-refractivity contribution < 1.29 is 30.7 Å². The maximum absolute atomic E-state index is 15.0. The molecule has 6 radical (unpaired) electrons. The summed E-state index contributed by atoms with van der Waals surface area (Å²) in [5, 5.41) is 10.0. The van der Waals surface area contributed by atoms with E-state index in [9.17, 15) is 21.6 Å². The van der Waals surface area contributed by atoms with Crippen LogP contribution in [0.5, 0.6) is 5.75 Å². The van der Waals surface area contributed by atoms with Gasteiger partial charge in [-0.15, -0.1) is 0 Å². The van der Waals surface area contributed by atoms with Crippen molar-refractivity contribution in [1.82, 2.24) is 9.47 Å². The van der Waals surface area contributed by atoms with Gasteiger partial charge < -0.3 is 24.8 Å². The Morgan fingerprint density at radius 2 is 1.88 bits per heavy atom. The van der Waals surface area contributed by atoms with Crippen molar-refractivity contribution in [2.75, 3.05) is 37.4 Å². The van der Waals surface area contributed by atoms with Gasteiger partial charge in [-0.25, -0.2) is 17.9 Å². The fourth-order valence-corrected chi connectivity index (χ4v) is 5.28. The first-order chi connectivity index (χ1) is 19.6. The minimum Gasteiger partial charge on any atom is -0.495 e. The molecule has 0 aliphatic carbocycles. The zero-order valence-electron chi connectivity index (χ0n) is 22.6. The third-order valence-corrected chi connectivity index (χ3v) is 7.71. The summed E-state index contributed by atoms with van der Waals surface area (Å²) >= 11 is 0. The predicted octanol–water partition coefficient (Wildman–Crippen LogP) is 2.26. The maximum atomic E-state index is 15.0. The zero-order chi connectivity index (χ0) is 30.9. The molecule has 2 aromatic carbocycles. The number of primary sulfonamides is 1. The molecule has 4 rings (SSSR count). The average molecular weight is 597 g/mol. The highest BCUT2D eigenvalue weighted by atomic mass is 32.2. The van der Waals surface area contributed by atoms with Crippen LogP contribution in [0.4, 0.5) is 28.9 Å². The lowest BCUT2D eigenvalue weighted by atomic mass is 9.48. The molecule has 0 amide bonds. The van der Waals surface area contributed by atoms with Gasteiger partial charge in [-0.2, -0.15) is 13.2 Å². The number of sulfonamides is 1. The number of anilines is 2. The highest BCUT2D eigenvalue weighted by Gasteiger charge is 2.34. The summed E-state index contributed by atoms with van der Waals surface area (Å²) in [4.78, 5) is 1.27. The maximum Gasteiger partial charge on any atom is 0.406 e. The summed E-state index contributed by atoms with van der Waals surface area (Å²) < 4.78 is 85.1. The van der Waals surface area contributed by atoms with Crippen molar-refractivity contribution in [3.8, 4) is 17.6 Å². The predicted molar refractivity (Wildman–Crippen MR) is 156 cm³/mol. The minimum absolute atomic E-state index is 0.00322. The van der Waals surface area contributed by atoms with Gasteiger partial charge in [0.15, 0.2) is 0 Å². The van der Waals surface area contributed by atoms with E-state index < -0.39 is 40.2 Å². The number of methoxy groups -OCH3 is 1. The molecule has 4 N–H and O–H groups in total. The summed E-state index contributed by atoms with van der Waals surface area (Å²) in [7, 11) is 14.4. The van der Waals surface area contributed by atoms with Crippen LogP contribution in [-0.4, -0.2) is 91.8 Å². The molecule has 42 heavy (non-hydrogen) atoms. The van der Waals surface area contributed by atoms with E-state index in [4.69, 9.17) is 33.4 Å². The second-order valence-electron chi connectivity index (χ2n) is 9.92. The van der Waals surface area contributed by atoms with Crippen molar-refractivity contribution >= 4 is 55.8 Å². The summed E-state index contributed by atoms with van der Waals surface area (Å²) in [5.41, 5.74) is 1.23. The second kappa shape index (κ2) is 12.1. The Labute approximate surface area is 245 Å². The molecule has 0 saturated carbocycles. The van der Waals surface area contributed by atoms with Crippen LogP contribution >= 0.6 is 0 Å². The molecule has 2 unspecified atom stereocenters. The van der Waals surface area contributed by atoms with E-state index in [1.165, 1.54) is 42.3 Å². The number of nitrogens with one attached hydrogen (secondary N) is 2. The summed E-state index contributed by atoms with van der Waals surface area (Å²) in [5.74, 6) is 5.76. The molecule has 0 spiro atoms. The Morgan fingerprint density at radius 3 is 2.50 bits per heavy atom. The van der Waals surface area contributed by atoms with Crippen molar-refractivity contribution in [2.24, 2.45) is 5.14 Å². The monoisotopic (exact) mass is 597 g/mol. The highest BCUT2D eigenvalue weighted by Crippen LogP contribution is 2.32. The fourth-order valence-electron chi connectivity index (χ4n) is 4.75. The molecule has 1 saturated heterocycles. The Balaban J connectivity index is 1.59. The average Bonchev–Trinajstić information content (AvgIpc) is 3.23. The minimum atomic E-state index is -4.53. The number of alkyl halides is 4. The Bertz CT molecular complexity index is 1620. The number of ether oxygens (including phenoxy) is 1. The van der Waals surface area contributed by atoms with E-state index in [2.05, 4.69) is 22.5 Å². The molecule has 1 aliphatic rings. The molecule has 1 aliphatic heterocycles. The number of aromatic nitrogens is 1. The lowest BCUT2D eigenvalue weighted by molar-refractivity contribution is -0.140. The topological polar surface area (TPSA) is 102 Å². The molecule has 0 bridgehead atoms. The Morgan fingerprint density at radius 1 is 1.14 bits per heavy atom. The summed E-state index contributed by atoms with van der Waals surface area (Å²) in [6, 6.07) is 9.62. The third kappa shape index (κ3) is 7.56. The molecule has 16 heteroatoms. The molecule has 2 heterocycles. The van der Waals surface area contributed by atoms with Crippen LogP contribution in [0.3, 0.4) is 0 Å². The SMILES string of the molecule is [B]C([B])([B])N1CCC(Nc2cccc3c2cc(C#CCNc2ccc(S(N)(=O)=O)cc2OC)n3CC(F)(F)F)C(F)C1. The third-order valence-electron chi connectivity index (χ3n) is 6.80. The number of piperidine rings is 1. The lowest BCUT2D eigenvalue weighted by Gasteiger charge is -2.44. The quantitative estimate of drug-likeness (QED) is 0.210. The van der Waals surface area contributed by atoms with E-state index in [0.717, 1.165) is 4.57 Å². The molecule has 216 valence electrons. The normalized spacial score (nSPS) is 18.3. The molecule has 8 nitrogen and oxygen atoms in total. The number of hydrogen-bond acceptors (Lipinski definition) is 6. The van der Waals surface area contributed by atoms with Crippen LogP contribution in [0.1, 0.15) is 12.1 Å². The molecule has 3 aromatic rings. The van der Waals surface area contributed by atoms with Crippen molar-refractivity contribution in [2.45, 2.75) is 41.5 Å². The molecule has 1 aromatic heterocycles. The summed E-state index contributed by atoms with van der Waals surface area (Å²) in [6.45, 7) is -1.07. The van der Waals surface area contributed by atoms with E-state index >= 15 is 4.39 Å². The van der Waals surface area contributed by atoms with E-state index in [0.29, 0.717) is 29.7 Å². The van der Waals surface area contributed by atoms with E-state index in [-0.39, 0.29) is 34.9 Å². The van der Waals surface area contributed by atoms with Crippen LogP contribution in [0.25, 0.3) is 10.9 Å². The van der Waals surface area contributed by atoms with Crippen LogP contribution in [0.15, 0.2) is 47.4 Å². The van der Waals surface area contributed by atoms with Crippen LogP contribution in [-0.2, 0) is 16.6 Å². The Kier molecular flexibility index (Phi) is 9.15. The van der Waals surface area contributed by atoms with Crippen molar-refractivity contribution in [3.05, 3.63) is 48.2 Å². The number of nitrogens with two attached hydrogens (primary N) is 1. The van der Waals surface area contributed by atoms with Gasteiger partial charge in [0.25, 0.3) is 0 Å². The van der Waals surface area contributed by atoms with Crippen LogP contribution in [0.2, 0.25) is 0 Å². The van der Waals surface area contributed by atoms with Gasteiger partial charge in [0.1, 0.15) is 18.5 Å². The van der Waals surface area contributed by atoms with Crippen LogP contribution < -0.4 is 20.5 Å². The first-order valence-corrected chi connectivity index (χ1v) is 14.3. The lowest BCUT2D eigenvalue weighted by Crippen LogP contribution is -2.58. The zero-order valence-corrected chi connectivity index (χ0v) is 23.4. The highest BCUT2D eigenvalue weighted by molar-refractivity contribution is 7.89. The number of halogens is 4. The van der Waals surface area contributed by atoms with Gasteiger partial charge in [0.05, 0.1) is 65.0 Å². The van der Waals surface area contributed by atoms with Crippen molar-refractivity contribution in [3.63, 3.8) is 0 Å². The number of rotatable bonds is 8.